The fourth-order valence-electron chi connectivity index (χ4n) is 2.46. The molecule has 2 N–H and O–H groups in total. The van der Waals surface area contributed by atoms with Crippen molar-refractivity contribution in [1.82, 2.24) is 15.2 Å². The van der Waals surface area contributed by atoms with E-state index in [1.54, 1.807) is 24.3 Å². The Labute approximate surface area is 146 Å². The van der Waals surface area contributed by atoms with Crippen LogP contribution in [0.5, 0.6) is 0 Å². The summed E-state index contributed by atoms with van der Waals surface area (Å²) in [6.07, 6.45) is 1.35. The molecule has 6 nitrogen and oxygen atoms in total. The van der Waals surface area contributed by atoms with Crippen LogP contribution in [0, 0.1) is 0 Å². The number of aromatic nitrogens is 3. The molecule has 0 spiro atoms. The van der Waals surface area contributed by atoms with Gasteiger partial charge in [0.2, 0.25) is 5.78 Å². The number of carbonyl (C=O) groups is 2. The minimum atomic E-state index is -0.424. The van der Waals surface area contributed by atoms with Crippen LogP contribution in [-0.2, 0) is 0 Å². The number of hydrogen-bond donors (Lipinski definition) is 2. The first-order valence-corrected chi connectivity index (χ1v) is 8.34. The summed E-state index contributed by atoms with van der Waals surface area (Å²) < 4.78 is 0.977. The Bertz CT molecular complexity index is 1040. The molecule has 0 saturated carbocycles. The number of H-pyrrole nitrogens is 1. The minimum Gasteiger partial charge on any atom is -0.298 e. The first-order chi connectivity index (χ1) is 12.2. The van der Waals surface area contributed by atoms with E-state index in [0.717, 1.165) is 10.2 Å². The molecular weight excluding hydrogens is 336 g/mol. The average Bonchev–Trinajstić information content (AvgIpc) is 3.28. The third-order valence-electron chi connectivity index (χ3n) is 3.66. The lowest BCUT2D eigenvalue weighted by atomic mass is 10.1. The summed E-state index contributed by atoms with van der Waals surface area (Å²) in [6, 6.07) is 16.4. The van der Waals surface area contributed by atoms with Crippen molar-refractivity contribution in [2.24, 2.45) is 0 Å². The number of hydrogen-bond acceptors (Lipinski definition) is 5. The van der Waals surface area contributed by atoms with Crippen LogP contribution in [0.15, 0.2) is 60.8 Å². The summed E-state index contributed by atoms with van der Waals surface area (Å²) in [4.78, 5) is 29.5. The Morgan fingerprint density at radius 3 is 2.56 bits per heavy atom. The predicted octanol–water partition coefficient (Wildman–Crippen LogP) is 3.50. The molecule has 0 bridgehead atoms. The van der Waals surface area contributed by atoms with E-state index in [-0.39, 0.29) is 17.0 Å². The number of amides is 1. The molecular formula is C18H12N4O2S. The van der Waals surface area contributed by atoms with Crippen molar-refractivity contribution in [2.75, 3.05) is 5.32 Å². The van der Waals surface area contributed by atoms with Gasteiger partial charge in [0.25, 0.3) is 5.91 Å². The second-order valence-electron chi connectivity index (χ2n) is 5.29. The van der Waals surface area contributed by atoms with E-state index in [1.807, 2.05) is 30.3 Å². The number of para-hydroxylation sites is 1. The van der Waals surface area contributed by atoms with Gasteiger partial charge < -0.3 is 0 Å². The lowest BCUT2D eigenvalue weighted by Gasteiger charge is -2.03. The molecule has 25 heavy (non-hydrogen) atoms. The zero-order chi connectivity index (χ0) is 17.2. The van der Waals surface area contributed by atoms with Gasteiger partial charge in [-0.3, -0.25) is 20.0 Å². The monoisotopic (exact) mass is 348 g/mol. The van der Waals surface area contributed by atoms with E-state index >= 15 is 0 Å². The smallest absolute Gasteiger partial charge is 0.261 e. The number of ketones is 1. The van der Waals surface area contributed by atoms with Crippen LogP contribution in [0.3, 0.4) is 0 Å². The van der Waals surface area contributed by atoms with Crippen LogP contribution in [0.25, 0.3) is 10.2 Å². The molecule has 4 aromatic rings. The lowest BCUT2D eigenvalue weighted by molar-refractivity contribution is 0.0994. The molecule has 4 rings (SSSR count). The number of thiazole rings is 1. The van der Waals surface area contributed by atoms with E-state index in [9.17, 15) is 9.59 Å². The molecule has 0 aliphatic rings. The second kappa shape index (κ2) is 6.29. The van der Waals surface area contributed by atoms with Crippen molar-refractivity contribution in [3.63, 3.8) is 0 Å². The number of nitrogens with zero attached hydrogens (tertiary/aromatic N) is 2. The molecule has 1 amide bonds. The fraction of sp³-hybridized carbons (Fsp3) is 0. The summed E-state index contributed by atoms with van der Waals surface area (Å²) in [5, 5.41) is 9.68. The summed E-state index contributed by atoms with van der Waals surface area (Å²) in [5.41, 5.74) is 1.65. The van der Waals surface area contributed by atoms with E-state index in [4.69, 9.17) is 0 Å². The van der Waals surface area contributed by atoms with Crippen molar-refractivity contribution in [1.29, 1.82) is 0 Å². The van der Waals surface area contributed by atoms with E-state index < -0.39 is 5.91 Å². The van der Waals surface area contributed by atoms with Crippen LogP contribution in [-0.4, -0.2) is 26.9 Å². The SMILES string of the molecule is O=C(Nc1nc2ccccc2s1)c1cn[nH]c1C(=O)c1ccccc1. The summed E-state index contributed by atoms with van der Waals surface area (Å²) in [7, 11) is 0. The predicted molar refractivity (Wildman–Crippen MR) is 96.0 cm³/mol. The van der Waals surface area contributed by atoms with Crippen molar-refractivity contribution in [2.45, 2.75) is 0 Å². The summed E-state index contributed by atoms with van der Waals surface area (Å²) >= 11 is 1.37. The standard InChI is InChI=1S/C18H12N4O2S/c23-16(11-6-2-1-3-7-11)15-12(10-19-22-15)17(24)21-18-20-13-8-4-5-9-14(13)25-18/h1-10H,(H,19,22)(H,20,21,24). The van der Waals surface area contributed by atoms with Crippen molar-refractivity contribution < 1.29 is 9.59 Å². The van der Waals surface area contributed by atoms with E-state index in [2.05, 4.69) is 20.5 Å². The van der Waals surface area contributed by atoms with Gasteiger partial charge >= 0.3 is 0 Å². The molecule has 122 valence electrons. The third-order valence-corrected chi connectivity index (χ3v) is 4.61. The Morgan fingerprint density at radius 2 is 1.76 bits per heavy atom. The van der Waals surface area contributed by atoms with Gasteiger partial charge in [-0.1, -0.05) is 53.8 Å². The van der Waals surface area contributed by atoms with E-state index in [0.29, 0.717) is 10.7 Å². The highest BCUT2D eigenvalue weighted by Crippen LogP contribution is 2.26. The van der Waals surface area contributed by atoms with Gasteiger partial charge in [0, 0.05) is 5.56 Å². The van der Waals surface area contributed by atoms with Crippen LogP contribution in [0.4, 0.5) is 5.13 Å². The summed E-state index contributed by atoms with van der Waals surface area (Å²) in [6.45, 7) is 0. The molecule has 2 heterocycles. The Morgan fingerprint density at radius 1 is 1.00 bits per heavy atom. The van der Waals surface area contributed by atoms with Gasteiger partial charge in [-0.15, -0.1) is 0 Å². The van der Waals surface area contributed by atoms with Crippen LogP contribution in [0.1, 0.15) is 26.4 Å². The van der Waals surface area contributed by atoms with Crippen molar-refractivity contribution >= 4 is 38.4 Å². The molecule has 0 aliphatic carbocycles. The maximum Gasteiger partial charge on any atom is 0.261 e. The van der Waals surface area contributed by atoms with Crippen LogP contribution >= 0.6 is 11.3 Å². The number of aromatic amines is 1. The number of carbonyl (C=O) groups excluding carboxylic acids is 2. The molecule has 2 aromatic heterocycles. The molecule has 0 atom stereocenters. The topological polar surface area (TPSA) is 87.7 Å². The fourth-order valence-corrected chi connectivity index (χ4v) is 3.32. The first kappa shape index (κ1) is 15.2. The first-order valence-electron chi connectivity index (χ1n) is 7.52. The highest BCUT2D eigenvalue weighted by Gasteiger charge is 2.21. The molecule has 0 fully saturated rings. The van der Waals surface area contributed by atoms with Crippen molar-refractivity contribution in [3.8, 4) is 0 Å². The number of fused-ring (bicyclic) bond motifs is 1. The van der Waals surface area contributed by atoms with Gasteiger partial charge in [-0.05, 0) is 12.1 Å². The van der Waals surface area contributed by atoms with Gasteiger partial charge in [-0.25, -0.2) is 4.98 Å². The quantitative estimate of drug-likeness (QED) is 0.553. The van der Waals surface area contributed by atoms with E-state index in [1.165, 1.54) is 17.5 Å². The van der Waals surface area contributed by atoms with Gasteiger partial charge in [0.15, 0.2) is 5.13 Å². The second-order valence-corrected chi connectivity index (χ2v) is 6.33. The maximum atomic E-state index is 12.6. The third kappa shape index (κ3) is 2.92. The number of rotatable bonds is 4. The minimum absolute atomic E-state index is 0.157. The Balaban J connectivity index is 1.61. The molecule has 2 aromatic carbocycles. The molecule has 0 radical (unpaired) electrons. The highest BCUT2D eigenvalue weighted by molar-refractivity contribution is 7.22. The van der Waals surface area contributed by atoms with Gasteiger partial charge in [-0.2, -0.15) is 5.10 Å². The lowest BCUT2D eigenvalue weighted by Crippen LogP contribution is -2.15. The van der Waals surface area contributed by atoms with Gasteiger partial charge in [0.1, 0.15) is 5.69 Å². The maximum absolute atomic E-state index is 12.6. The Kier molecular flexibility index (Phi) is 3.83. The van der Waals surface area contributed by atoms with Crippen LogP contribution < -0.4 is 5.32 Å². The number of anilines is 1. The van der Waals surface area contributed by atoms with Crippen molar-refractivity contribution in [3.05, 3.63) is 77.6 Å². The average molecular weight is 348 g/mol. The number of benzene rings is 2. The zero-order valence-corrected chi connectivity index (χ0v) is 13.7. The molecule has 0 aliphatic heterocycles. The largest absolute Gasteiger partial charge is 0.298 e. The number of nitrogens with one attached hydrogen (secondary N) is 2. The molecule has 7 heteroatoms. The molecule has 0 saturated heterocycles. The zero-order valence-electron chi connectivity index (χ0n) is 12.9. The summed E-state index contributed by atoms with van der Waals surface area (Å²) in [5.74, 6) is -0.709. The highest BCUT2D eigenvalue weighted by atomic mass is 32.1. The van der Waals surface area contributed by atoms with Crippen LogP contribution in [0.2, 0.25) is 0 Å². The Hall–Kier alpha value is -3.32. The molecule has 0 unspecified atom stereocenters. The van der Waals surface area contributed by atoms with Gasteiger partial charge in [0.05, 0.1) is 22.0 Å². The normalized spacial score (nSPS) is 10.7.